The summed E-state index contributed by atoms with van der Waals surface area (Å²) in [4.78, 5) is 7.64. The summed E-state index contributed by atoms with van der Waals surface area (Å²) >= 11 is 6.18. The lowest BCUT2D eigenvalue weighted by molar-refractivity contribution is 1.31. The van der Waals surface area contributed by atoms with E-state index in [0.717, 1.165) is 22.6 Å². The van der Waals surface area contributed by atoms with Crippen LogP contribution in [0.25, 0.3) is 22.6 Å². The van der Waals surface area contributed by atoms with Gasteiger partial charge in [0.25, 0.3) is 0 Å². The van der Waals surface area contributed by atoms with Gasteiger partial charge in [-0.25, -0.2) is 4.98 Å². The minimum atomic E-state index is 0.592. The Kier molecular flexibility index (Phi) is 2.97. The van der Waals surface area contributed by atoms with E-state index in [1.165, 1.54) is 0 Å². The highest BCUT2D eigenvalue weighted by Crippen LogP contribution is 2.29. The Morgan fingerprint density at radius 1 is 1.05 bits per heavy atom. The van der Waals surface area contributed by atoms with Gasteiger partial charge in [0, 0.05) is 11.3 Å². The summed E-state index contributed by atoms with van der Waals surface area (Å²) in [5.74, 6) is 0.740. The zero-order chi connectivity index (χ0) is 13.2. The number of rotatable bonds is 2. The first kappa shape index (κ1) is 11.8. The van der Waals surface area contributed by atoms with Gasteiger partial charge < -0.3 is 10.7 Å². The lowest BCUT2D eigenvalue weighted by atomic mass is 10.2. The molecule has 0 unspecified atom stereocenters. The van der Waals surface area contributed by atoms with Crippen molar-refractivity contribution in [1.29, 1.82) is 0 Å². The lowest BCUT2D eigenvalue weighted by Crippen LogP contribution is -1.87. The predicted molar refractivity (Wildman–Crippen MR) is 78.9 cm³/mol. The zero-order valence-corrected chi connectivity index (χ0v) is 10.9. The molecule has 0 bridgehead atoms. The monoisotopic (exact) mass is 269 g/mol. The van der Waals surface area contributed by atoms with Crippen molar-refractivity contribution in [3.63, 3.8) is 0 Å². The van der Waals surface area contributed by atoms with Crippen molar-refractivity contribution < 1.29 is 0 Å². The van der Waals surface area contributed by atoms with E-state index >= 15 is 0 Å². The van der Waals surface area contributed by atoms with Gasteiger partial charge in [-0.3, -0.25) is 0 Å². The molecule has 1 heterocycles. The molecule has 19 heavy (non-hydrogen) atoms. The highest BCUT2D eigenvalue weighted by molar-refractivity contribution is 6.33. The van der Waals surface area contributed by atoms with Gasteiger partial charge in [0.05, 0.1) is 16.9 Å². The maximum atomic E-state index is 6.18. The van der Waals surface area contributed by atoms with Crippen molar-refractivity contribution >= 4 is 17.3 Å². The van der Waals surface area contributed by atoms with Gasteiger partial charge >= 0.3 is 0 Å². The summed E-state index contributed by atoms with van der Waals surface area (Å²) in [7, 11) is 0. The van der Waals surface area contributed by atoms with Crippen LogP contribution in [-0.4, -0.2) is 9.97 Å². The number of anilines is 1. The molecule has 3 nitrogen and oxygen atoms in total. The molecular weight excluding hydrogens is 258 g/mol. The number of benzene rings is 2. The number of H-pyrrole nitrogens is 1. The quantitative estimate of drug-likeness (QED) is 0.692. The van der Waals surface area contributed by atoms with E-state index < -0.39 is 0 Å². The van der Waals surface area contributed by atoms with E-state index in [1.807, 2.05) is 42.5 Å². The highest BCUT2D eigenvalue weighted by atomic mass is 35.5. The molecule has 0 amide bonds. The maximum Gasteiger partial charge on any atom is 0.139 e. The van der Waals surface area contributed by atoms with Crippen LogP contribution in [0.5, 0.6) is 0 Å². The summed E-state index contributed by atoms with van der Waals surface area (Å²) in [6.45, 7) is 0. The smallest absolute Gasteiger partial charge is 0.139 e. The molecule has 0 aliphatic carbocycles. The third kappa shape index (κ3) is 2.33. The maximum absolute atomic E-state index is 6.18. The van der Waals surface area contributed by atoms with E-state index in [2.05, 4.69) is 9.97 Å². The second-order valence-corrected chi connectivity index (χ2v) is 4.66. The molecule has 0 saturated carbocycles. The Morgan fingerprint density at radius 3 is 2.58 bits per heavy atom. The first-order chi connectivity index (χ1) is 9.24. The molecule has 0 aliphatic rings. The van der Waals surface area contributed by atoms with E-state index in [4.69, 9.17) is 17.3 Å². The number of nitrogens with two attached hydrogens (primary N) is 1. The van der Waals surface area contributed by atoms with Crippen LogP contribution in [0.3, 0.4) is 0 Å². The summed E-state index contributed by atoms with van der Waals surface area (Å²) < 4.78 is 0. The van der Waals surface area contributed by atoms with Crippen LogP contribution in [0.4, 0.5) is 5.69 Å². The van der Waals surface area contributed by atoms with E-state index in [9.17, 15) is 0 Å². The Morgan fingerprint density at radius 2 is 1.84 bits per heavy atom. The molecule has 0 radical (unpaired) electrons. The van der Waals surface area contributed by atoms with Gasteiger partial charge in [-0.05, 0) is 23.8 Å². The molecule has 0 fully saturated rings. The summed E-state index contributed by atoms with van der Waals surface area (Å²) in [6.07, 6.45) is 1.80. The molecule has 3 aromatic rings. The zero-order valence-electron chi connectivity index (χ0n) is 10.1. The number of nitrogens with one attached hydrogen (secondary N) is 1. The van der Waals surface area contributed by atoms with Gasteiger partial charge in [0.2, 0.25) is 0 Å². The van der Waals surface area contributed by atoms with Crippen LogP contribution >= 0.6 is 11.6 Å². The normalized spacial score (nSPS) is 10.6. The first-order valence-electron chi connectivity index (χ1n) is 5.90. The molecule has 4 heteroatoms. The first-order valence-corrected chi connectivity index (χ1v) is 6.27. The van der Waals surface area contributed by atoms with Crippen molar-refractivity contribution in [2.75, 3.05) is 5.73 Å². The second-order valence-electron chi connectivity index (χ2n) is 4.25. The van der Waals surface area contributed by atoms with Crippen LogP contribution in [0, 0.1) is 0 Å². The number of nitrogens with zero attached hydrogens (tertiary/aromatic N) is 1. The van der Waals surface area contributed by atoms with Crippen LogP contribution in [0.1, 0.15) is 0 Å². The standard InChI is InChI=1S/C15H12ClN3/c16-13-8-11(17)6-7-12(13)15-18-9-14(19-15)10-4-2-1-3-5-10/h1-9H,17H2,(H,18,19). The van der Waals surface area contributed by atoms with Crippen LogP contribution in [0.15, 0.2) is 54.7 Å². The number of hydrogen-bond donors (Lipinski definition) is 2. The number of aromatic nitrogens is 2. The molecule has 0 saturated heterocycles. The molecule has 3 rings (SSSR count). The van der Waals surface area contributed by atoms with Gasteiger partial charge in [-0.1, -0.05) is 41.9 Å². The third-order valence-corrected chi connectivity index (χ3v) is 3.22. The fourth-order valence-corrected chi connectivity index (χ4v) is 2.22. The fourth-order valence-electron chi connectivity index (χ4n) is 1.95. The summed E-state index contributed by atoms with van der Waals surface area (Å²) in [5, 5.41) is 0.592. The SMILES string of the molecule is Nc1ccc(-c2ncc(-c3ccccc3)[nH]2)c(Cl)c1. The fraction of sp³-hybridized carbons (Fsp3) is 0. The second kappa shape index (κ2) is 4.78. The minimum absolute atomic E-state index is 0.592. The molecule has 0 spiro atoms. The van der Waals surface area contributed by atoms with E-state index in [1.54, 1.807) is 12.3 Å². The molecular formula is C15H12ClN3. The molecule has 2 aromatic carbocycles. The van der Waals surface area contributed by atoms with Crippen molar-refractivity contribution in [3.05, 3.63) is 59.8 Å². The molecule has 0 aliphatic heterocycles. The molecule has 0 atom stereocenters. The van der Waals surface area contributed by atoms with Crippen LogP contribution in [0.2, 0.25) is 5.02 Å². The Hall–Kier alpha value is -2.26. The van der Waals surface area contributed by atoms with Gasteiger partial charge in [-0.15, -0.1) is 0 Å². The number of aromatic amines is 1. The third-order valence-electron chi connectivity index (χ3n) is 2.91. The van der Waals surface area contributed by atoms with Crippen molar-refractivity contribution in [2.45, 2.75) is 0 Å². The summed E-state index contributed by atoms with van der Waals surface area (Å²) in [5.41, 5.74) is 9.23. The minimum Gasteiger partial charge on any atom is -0.399 e. The summed E-state index contributed by atoms with van der Waals surface area (Å²) in [6, 6.07) is 15.4. The molecule has 3 N–H and O–H groups in total. The molecule has 94 valence electrons. The number of imidazole rings is 1. The Labute approximate surface area is 116 Å². The number of halogens is 1. The van der Waals surface area contributed by atoms with Crippen LogP contribution < -0.4 is 5.73 Å². The van der Waals surface area contributed by atoms with Crippen molar-refractivity contribution in [1.82, 2.24) is 9.97 Å². The predicted octanol–water partition coefficient (Wildman–Crippen LogP) is 3.98. The number of nitrogen functional groups attached to an aromatic ring is 1. The average molecular weight is 270 g/mol. The molecule has 1 aromatic heterocycles. The van der Waals surface area contributed by atoms with E-state index in [-0.39, 0.29) is 0 Å². The largest absolute Gasteiger partial charge is 0.399 e. The number of hydrogen-bond acceptors (Lipinski definition) is 2. The van der Waals surface area contributed by atoms with Crippen LogP contribution in [-0.2, 0) is 0 Å². The lowest BCUT2D eigenvalue weighted by Gasteiger charge is -2.02. The van der Waals surface area contributed by atoms with Crippen molar-refractivity contribution in [3.8, 4) is 22.6 Å². The van der Waals surface area contributed by atoms with Gasteiger partial charge in [0.1, 0.15) is 5.82 Å². The topological polar surface area (TPSA) is 54.7 Å². The Balaban J connectivity index is 2.02. The highest BCUT2D eigenvalue weighted by Gasteiger charge is 2.08. The Bertz CT molecular complexity index is 704. The van der Waals surface area contributed by atoms with Crippen molar-refractivity contribution in [2.24, 2.45) is 0 Å². The average Bonchev–Trinajstić information content (AvgIpc) is 2.89. The van der Waals surface area contributed by atoms with Gasteiger partial charge in [0.15, 0.2) is 0 Å². The van der Waals surface area contributed by atoms with Gasteiger partial charge in [-0.2, -0.15) is 0 Å². The van der Waals surface area contributed by atoms with E-state index in [0.29, 0.717) is 10.7 Å².